The fourth-order valence-corrected chi connectivity index (χ4v) is 2.65. The Morgan fingerprint density at radius 1 is 1.60 bits per heavy atom. The van der Waals surface area contributed by atoms with Crippen LogP contribution in [0.3, 0.4) is 0 Å². The second-order valence-electron chi connectivity index (χ2n) is 4.53. The molecule has 1 atom stereocenters. The van der Waals surface area contributed by atoms with Crippen LogP contribution in [0, 0.1) is 11.3 Å². The first kappa shape index (κ1) is 14.8. The third-order valence-electron chi connectivity index (χ3n) is 3.14. The summed E-state index contributed by atoms with van der Waals surface area (Å²) in [4.78, 5) is 13.4. The predicted octanol–water partition coefficient (Wildman–Crippen LogP) is 2.09. The van der Waals surface area contributed by atoms with E-state index >= 15 is 0 Å². The molecule has 5 nitrogen and oxygen atoms in total. The number of ether oxygens (including phenoxy) is 2. The van der Waals surface area contributed by atoms with E-state index in [0.717, 1.165) is 16.7 Å². The summed E-state index contributed by atoms with van der Waals surface area (Å²) in [6.07, 6.45) is 0.0623. The highest BCUT2D eigenvalue weighted by Crippen LogP contribution is 2.25. The van der Waals surface area contributed by atoms with Gasteiger partial charge in [0.1, 0.15) is 0 Å². The van der Waals surface area contributed by atoms with Gasteiger partial charge in [0.2, 0.25) is 0 Å². The van der Waals surface area contributed by atoms with Crippen molar-refractivity contribution in [3.05, 3.63) is 28.2 Å². The molecule has 1 saturated heterocycles. The number of halogens is 1. The monoisotopic (exact) mass is 338 g/mol. The van der Waals surface area contributed by atoms with Gasteiger partial charge in [-0.3, -0.25) is 4.79 Å². The maximum atomic E-state index is 11.3. The van der Waals surface area contributed by atoms with Crippen LogP contribution in [0.2, 0.25) is 0 Å². The number of nitriles is 1. The van der Waals surface area contributed by atoms with E-state index in [1.165, 1.54) is 7.11 Å². The van der Waals surface area contributed by atoms with Gasteiger partial charge >= 0.3 is 5.97 Å². The van der Waals surface area contributed by atoms with Gasteiger partial charge in [-0.25, -0.2) is 0 Å². The van der Waals surface area contributed by atoms with Gasteiger partial charge in [-0.05, 0) is 18.2 Å². The third-order valence-corrected chi connectivity index (χ3v) is 3.60. The van der Waals surface area contributed by atoms with Gasteiger partial charge < -0.3 is 14.4 Å². The van der Waals surface area contributed by atoms with E-state index in [1.807, 2.05) is 12.1 Å². The second kappa shape index (κ2) is 6.73. The van der Waals surface area contributed by atoms with Crippen LogP contribution in [0.1, 0.15) is 12.0 Å². The van der Waals surface area contributed by atoms with Crippen LogP contribution >= 0.6 is 15.9 Å². The van der Waals surface area contributed by atoms with Crippen LogP contribution in [0.5, 0.6) is 0 Å². The minimum atomic E-state index is -0.274. The fourth-order valence-electron chi connectivity index (χ4n) is 2.17. The molecule has 1 aromatic carbocycles. The normalized spacial score (nSPS) is 18.4. The smallest absolute Gasteiger partial charge is 0.308 e. The molecule has 0 aromatic heterocycles. The van der Waals surface area contributed by atoms with Crippen molar-refractivity contribution in [1.29, 1.82) is 5.26 Å². The van der Waals surface area contributed by atoms with Gasteiger partial charge in [0, 0.05) is 23.2 Å². The van der Waals surface area contributed by atoms with Crippen molar-refractivity contribution in [2.24, 2.45) is 0 Å². The highest BCUT2D eigenvalue weighted by Gasteiger charge is 2.23. The van der Waals surface area contributed by atoms with Crippen LogP contribution in [-0.4, -0.2) is 38.9 Å². The molecule has 0 bridgehead atoms. The Balaban J connectivity index is 2.11. The van der Waals surface area contributed by atoms with Crippen molar-refractivity contribution in [3.63, 3.8) is 0 Å². The van der Waals surface area contributed by atoms with Crippen LogP contribution in [0.25, 0.3) is 0 Å². The van der Waals surface area contributed by atoms with Crippen molar-refractivity contribution < 1.29 is 14.3 Å². The molecule has 1 heterocycles. The molecule has 1 aromatic rings. The average molecular weight is 339 g/mol. The van der Waals surface area contributed by atoms with Gasteiger partial charge in [0.15, 0.2) is 0 Å². The number of nitrogens with zero attached hydrogens (tertiary/aromatic N) is 2. The molecule has 0 amide bonds. The lowest BCUT2D eigenvalue weighted by Crippen LogP contribution is -2.43. The fraction of sp³-hybridized carbons (Fsp3) is 0.429. The molecule has 0 radical (unpaired) electrons. The summed E-state index contributed by atoms with van der Waals surface area (Å²) in [6, 6.07) is 7.71. The first-order chi connectivity index (χ1) is 9.62. The molecule has 0 spiro atoms. The first-order valence-corrected chi connectivity index (χ1v) is 7.05. The highest BCUT2D eigenvalue weighted by molar-refractivity contribution is 9.10. The van der Waals surface area contributed by atoms with E-state index in [0.29, 0.717) is 18.7 Å². The molecule has 1 aliphatic heterocycles. The molecular formula is C14H15BrN2O3. The van der Waals surface area contributed by atoms with Gasteiger partial charge in [0.05, 0.1) is 37.9 Å². The van der Waals surface area contributed by atoms with Crippen molar-refractivity contribution >= 4 is 27.6 Å². The molecule has 106 valence electrons. The van der Waals surface area contributed by atoms with Gasteiger partial charge in [0.25, 0.3) is 0 Å². The van der Waals surface area contributed by atoms with E-state index in [1.54, 1.807) is 6.07 Å². The Labute approximate surface area is 126 Å². The Hall–Kier alpha value is -1.58. The molecule has 0 N–H and O–H groups in total. The minimum absolute atomic E-state index is 0.180. The van der Waals surface area contributed by atoms with Crippen LogP contribution in [-0.2, 0) is 14.3 Å². The number of benzene rings is 1. The molecule has 1 fully saturated rings. The zero-order chi connectivity index (χ0) is 14.5. The van der Waals surface area contributed by atoms with Crippen molar-refractivity contribution in [2.75, 3.05) is 31.7 Å². The lowest BCUT2D eigenvalue weighted by molar-refractivity contribution is -0.144. The summed E-state index contributed by atoms with van der Waals surface area (Å²) in [5.74, 6) is -0.274. The van der Waals surface area contributed by atoms with E-state index in [9.17, 15) is 4.79 Å². The first-order valence-electron chi connectivity index (χ1n) is 6.26. The minimum Gasteiger partial charge on any atom is -0.469 e. The molecule has 0 saturated carbocycles. The zero-order valence-corrected chi connectivity index (χ0v) is 12.7. The number of hydrogen-bond donors (Lipinski definition) is 0. The standard InChI is InChI=1S/C14H15BrN2O3/c1-19-14(18)7-13-9-17(2-3-20-13)12-5-10(8-16)4-11(15)6-12/h4-6,13H,2-3,7,9H2,1H3. The highest BCUT2D eigenvalue weighted by atomic mass is 79.9. The maximum absolute atomic E-state index is 11.3. The summed E-state index contributed by atoms with van der Waals surface area (Å²) >= 11 is 3.40. The third kappa shape index (κ3) is 3.71. The maximum Gasteiger partial charge on any atom is 0.308 e. The lowest BCUT2D eigenvalue weighted by Gasteiger charge is -2.34. The van der Waals surface area contributed by atoms with E-state index in [4.69, 9.17) is 10.00 Å². The van der Waals surface area contributed by atoms with Gasteiger partial charge in [-0.15, -0.1) is 0 Å². The van der Waals surface area contributed by atoms with Crippen LogP contribution < -0.4 is 4.90 Å². The summed E-state index contributed by atoms with van der Waals surface area (Å²) in [7, 11) is 1.37. The number of carbonyl (C=O) groups is 1. The lowest BCUT2D eigenvalue weighted by atomic mass is 10.1. The number of esters is 1. The molecular weight excluding hydrogens is 324 g/mol. The summed E-state index contributed by atoms with van der Waals surface area (Å²) in [5.41, 5.74) is 1.56. The Bertz CT molecular complexity index is 542. The van der Waals surface area contributed by atoms with Crippen molar-refractivity contribution in [1.82, 2.24) is 0 Å². The Kier molecular flexibility index (Phi) is 4.99. The van der Waals surface area contributed by atoms with Crippen molar-refractivity contribution in [2.45, 2.75) is 12.5 Å². The van der Waals surface area contributed by atoms with Crippen molar-refractivity contribution in [3.8, 4) is 6.07 Å². The quantitative estimate of drug-likeness (QED) is 0.789. The van der Waals surface area contributed by atoms with E-state index in [2.05, 4.69) is 31.6 Å². The number of hydrogen-bond acceptors (Lipinski definition) is 5. The summed E-state index contributed by atoms with van der Waals surface area (Å²) < 4.78 is 11.1. The Morgan fingerprint density at radius 2 is 2.40 bits per heavy atom. The average Bonchev–Trinajstić information content (AvgIpc) is 2.46. The van der Waals surface area contributed by atoms with Gasteiger partial charge in [-0.2, -0.15) is 5.26 Å². The molecule has 1 unspecified atom stereocenters. The van der Waals surface area contributed by atoms with Crippen LogP contribution in [0.4, 0.5) is 5.69 Å². The van der Waals surface area contributed by atoms with E-state index < -0.39 is 0 Å². The predicted molar refractivity (Wildman–Crippen MR) is 77.4 cm³/mol. The number of anilines is 1. The SMILES string of the molecule is COC(=O)CC1CN(c2cc(Br)cc(C#N)c2)CCO1. The second-order valence-corrected chi connectivity index (χ2v) is 5.44. The molecule has 1 aliphatic rings. The van der Waals surface area contributed by atoms with Gasteiger partial charge in [-0.1, -0.05) is 15.9 Å². The Morgan fingerprint density at radius 3 is 3.10 bits per heavy atom. The van der Waals surface area contributed by atoms with E-state index in [-0.39, 0.29) is 18.5 Å². The number of morpholine rings is 1. The molecule has 20 heavy (non-hydrogen) atoms. The number of carbonyl (C=O) groups excluding carboxylic acids is 1. The topological polar surface area (TPSA) is 62.6 Å². The number of rotatable bonds is 3. The molecule has 2 rings (SSSR count). The largest absolute Gasteiger partial charge is 0.469 e. The zero-order valence-electron chi connectivity index (χ0n) is 11.1. The summed E-state index contributed by atoms with van der Waals surface area (Å²) in [5, 5.41) is 9.01. The van der Waals surface area contributed by atoms with Crippen LogP contribution in [0.15, 0.2) is 22.7 Å². The molecule has 6 heteroatoms. The molecule has 0 aliphatic carbocycles. The number of methoxy groups -OCH3 is 1. The summed E-state index contributed by atoms with van der Waals surface area (Å²) in [6.45, 7) is 1.89.